The zero-order valence-corrected chi connectivity index (χ0v) is 15.0. The number of aromatic nitrogens is 1. The predicted octanol–water partition coefficient (Wildman–Crippen LogP) is 2.56. The van der Waals surface area contributed by atoms with Crippen LogP contribution in [-0.2, 0) is 9.47 Å². The van der Waals surface area contributed by atoms with Crippen molar-refractivity contribution in [3.8, 4) is 0 Å². The molecule has 1 aliphatic carbocycles. The van der Waals surface area contributed by atoms with E-state index in [-0.39, 0.29) is 30.2 Å². The lowest BCUT2D eigenvalue weighted by Gasteiger charge is -2.34. The number of fused-ring (bicyclic) bond motifs is 2. The minimum Gasteiger partial charge on any atom is -0.351 e. The quantitative estimate of drug-likeness (QED) is 0.765. The smallest absolute Gasteiger partial charge is 0.268 e. The Balaban J connectivity index is 1.48. The zero-order chi connectivity index (χ0) is 17.8. The van der Waals surface area contributed by atoms with E-state index in [1.54, 1.807) is 12.1 Å². The van der Waals surface area contributed by atoms with Gasteiger partial charge in [-0.05, 0) is 51.0 Å². The predicted molar refractivity (Wildman–Crippen MR) is 95.6 cm³/mol. The van der Waals surface area contributed by atoms with E-state index in [1.165, 1.54) is 0 Å². The number of nitrogens with one attached hydrogen (secondary N) is 2. The number of carbonyl (C=O) groups excluding carboxylic acids is 1. The summed E-state index contributed by atoms with van der Waals surface area (Å²) in [4.78, 5) is 15.7. The molecule has 0 unspecified atom stereocenters. The third-order valence-electron chi connectivity index (χ3n) is 4.94. The second-order valence-electron chi connectivity index (χ2n) is 7.34. The van der Waals surface area contributed by atoms with Gasteiger partial charge in [-0.1, -0.05) is 11.6 Å². The molecule has 4 N–H and O–H groups in total. The first-order valence-corrected chi connectivity index (χ1v) is 8.89. The summed E-state index contributed by atoms with van der Waals surface area (Å²) in [5.41, 5.74) is 7.63. The average Bonchev–Trinajstić information content (AvgIpc) is 3.06. The van der Waals surface area contributed by atoms with Crippen LogP contribution in [0, 0.1) is 0 Å². The summed E-state index contributed by atoms with van der Waals surface area (Å²) in [6.45, 7) is 3.81. The molecule has 1 amide bonds. The number of carbonyl (C=O) groups is 1. The summed E-state index contributed by atoms with van der Waals surface area (Å²) in [7, 11) is 0. The van der Waals surface area contributed by atoms with Crippen molar-refractivity contribution in [2.45, 2.75) is 56.8 Å². The first-order chi connectivity index (χ1) is 11.8. The van der Waals surface area contributed by atoms with Gasteiger partial charge in [0.2, 0.25) is 0 Å². The number of rotatable bonds is 2. The molecule has 0 spiro atoms. The molecule has 2 fully saturated rings. The Morgan fingerprint density at radius 2 is 2.00 bits per heavy atom. The first-order valence-electron chi connectivity index (χ1n) is 8.51. The van der Waals surface area contributed by atoms with Crippen LogP contribution in [0.25, 0.3) is 10.9 Å². The van der Waals surface area contributed by atoms with Crippen LogP contribution in [0.3, 0.4) is 0 Å². The molecule has 7 heteroatoms. The molecule has 1 saturated carbocycles. The third-order valence-corrected chi connectivity index (χ3v) is 5.17. The lowest BCUT2D eigenvalue weighted by molar-refractivity contribution is -0.145. The van der Waals surface area contributed by atoms with Gasteiger partial charge in [-0.25, -0.2) is 0 Å². The monoisotopic (exact) mass is 363 g/mol. The number of halogens is 1. The molecule has 1 aromatic heterocycles. The highest BCUT2D eigenvalue weighted by Gasteiger charge is 2.47. The normalized spacial score (nSPS) is 31.0. The Hall–Kier alpha value is -1.60. The minimum atomic E-state index is -0.593. The van der Waals surface area contributed by atoms with Gasteiger partial charge in [0.15, 0.2) is 5.79 Å². The Morgan fingerprint density at radius 3 is 2.76 bits per heavy atom. The van der Waals surface area contributed by atoms with Gasteiger partial charge < -0.3 is 25.5 Å². The average molecular weight is 364 g/mol. The summed E-state index contributed by atoms with van der Waals surface area (Å²) in [5.74, 6) is -0.769. The number of benzene rings is 1. The molecule has 1 aromatic carbocycles. The minimum absolute atomic E-state index is 0.00614. The fourth-order valence-electron chi connectivity index (χ4n) is 3.80. The molecule has 1 saturated heterocycles. The maximum atomic E-state index is 12.6. The Kier molecular flexibility index (Phi) is 4.03. The molecule has 0 radical (unpaired) electrons. The first kappa shape index (κ1) is 16.8. The fourth-order valence-corrected chi connectivity index (χ4v) is 3.98. The van der Waals surface area contributed by atoms with Gasteiger partial charge in [0.25, 0.3) is 5.91 Å². The van der Waals surface area contributed by atoms with Gasteiger partial charge in [0.1, 0.15) is 5.69 Å². The molecule has 2 heterocycles. The summed E-state index contributed by atoms with van der Waals surface area (Å²) < 4.78 is 11.8. The largest absolute Gasteiger partial charge is 0.351 e. The van der Waals surface area contributed by atoms with Crippen LogP contribution < -0.4 is 11.1 Å². The van der Waals surface area contributed by atoms with Crippen molar-refractivity contribution < 1.29 is 14.3 Å². The van der Waals surface area contributed by atoms with E-state index in [2.05, 4.69) is 10.3 Å². The number of amides is 1. The van der Waals surface area contributed by atoms with Crippen LogP contribution in [0.5, 0.6) is 0 Å². The second kappa shape index (κ2) is 5.99. The van der Waals surface area contributed by atoms with E-state index in [0.29, 0.717) is 23.6 Å². The summed E-state index contributed by atoms with van der Waals surface area (Å²) in [6.07, 6.45) is 1.27. The SMILES string of the molecule is CC1(C)O[C@H]2C[C@H](N)[C@H](NC(=O)c3cc4cc(Cl)ccc4[nH]3)C[C@H]2O1. The molecule has 1 aliphatic heterocycles. The second-order valence-corrected chi connectivity index (χ2v) is 7.78. The number of hydrogen-bond acceptors (Lipinski definition) is 4. The van der Waals surface area contributed by atoms with E-state index in [9.17, 15) is 4.79 Å². The van der Waals surface area contributed by atoms with Gasteiger partial charge >= 0.3 is 0 Å². The molecule has 2 aliphatic rings. The molecule has 0 bridgehead atoms. The van der Waals surface area contributed by atoms with E-state index in [1.807, 2.05) is 26.0 Å². The van der Waals surface area contributed by atoms with Crippen LogP contribution in [-0.4, -0.2) is 41.0 Å². The number of aromatic amines is 1. The van der Waals surface area contributed by atoms with Gasteiger partial charge in [-0.3, -0.25) is 4.79 Å². The van der Waals surface area contributed by atoms with E-state index in [0.717, 1.165) is 10.9 Å². The van der Waals surface area contributed by atoms with Gasteiger partial charge in [-0.15, -0.1) is 0 Å². The Morgan fingerprint density at radius 1 is 1.28 bits per heavy atom. The highest BCUT2D eigenvalue weighted by Crippen LogP contribution is 2.36. The number of ether oxygens (including phenoxy) is 2. The van der Waals surface area contributed by atoms with Crippen LogP contribution in [0.15, 0.2) is 24.3 Å². The third kappa shape index (κ3) is 3.27. The lowest BCUT2D eigenvalue weighted by atomic mass is 9.86. The highest BCUT2D eigenvalue weighted by molar-refractivity contribution is 6.31. The van der Waals surface area contributed by atoms with Crippen molar-refractivity contribution in [2.24, 2.45) is 5.73 Å². The van der Waals surface area contributed by atoms with E-state index < -0.39 is 5.79 Å². The molecule has 25 heavy (non-hydrogen) atoms. The number of H-pyrrole nitrogens is 1. The van der Waals surface area contributed by atoms with Crippen LogP contribution in [0.1, 0.15) is 37.2 Å². The van der Waals surface area contributed by atoms with Crippen molar-refractivity contribution in [1.82, 2.24) is 10.3 Å². The summed E-state index contributed by atoms with van der Waals surface area (Å²) in [5, 5.41) is 4.58. The van der Waals surface area contributed by atoms with Crippen molar-refractivity contribution in [1.29, 1.82) is 0 Å². The molecule has 4 rings (SSSR count). The fraction of sp³-hybridized carbons (Fsp3) is 0.500. The van der Waals surface area contributed by atoms with Crippen LogP contribution in [0.4, 0.5) is 0 Å². The number of nitrogens with two attached hydrogens (primary N) is 1. The molecule has 2 aromatic rings. The van der Waals surface area contributed by atoms with E-state index >= 15 is 0 Å². The summed E-state index contributed by atoms with van der Waals surface area (Å²) in [6, 6.07) is 6.96. The molecule has 4 atom stereocenters. The van der Waals surface area contributed by atoms with Crippen LogP contribution >= 0.6 is 11.6 Å². The van der Waals surface area contributed by atoms with Gasteiger partial charge in [0.05, 0.1) is 12.2 Å². The van der Waals surface area contributed by atoms with Crippen molar-refractivity contribution in [2.75, 3.05) is 0 Å². The maximum absolute atomic E-state index is 12.6. The summed E-state index contributed by atoms with van der Waals surface area (Å²) >= 11 is 6.00. The van der Waals surface area contributed by atoms with Gasteiger partial charge in [-0.2, -0.15) is 0 Å². The Bertz CT molecular complexity index is 819. The molecular formula is C18H22ClN3O3. The topological polar surface area (TPSA) is 89.4 Å². The standard InChI is InChI=1S/C18H22ClN3O3/c1-18(2)24-15-7-11(20)13(8-16(15)25-18)22-17(23)14-6-9-5-10(19)3-4-12(9)21-14/h3-6,11,13,15-16,21H,7-8,20H2,1-2H3,(H,22,23)/t11-,13+,15-,16+/m0/s1. The molecule has 6 nitrogen and oxygen atoms in total. The lowest BCUT2D eigenvalue weighted by Crippen LogP contribution is -2.55. The van der Waals surface area contributed by atoms with Crippen molar-refractivity contribution in [3.63, 3.8) is 0 Å². The van der Waals surface area contributed by atoms with Gasteiger partial charge in [0, 0.05) is 28.0 Å². The Labute approximate surface area is 151 Å². The maximum Gasteiger partial charge on any atom is 0.268 e. The van der Waals surface area contributed by atoms with Crippen LogP contribution in [0.2, 0.25) is 5.02 Å². The van der Waals surface area contributed by atoms with E-state index in [4.69, 9.17) is 26.8 Å². The highest BCUT2D eigenvalue weighted by atomic mass is 35.5. The zero-order valence-electron chi connectivity index (χ0n) is 14.2. The molecular weight excluding hydrogens is 342 g/mol. The van der Waals surface area contributed by atoms with Crippen molar-refractivity contribution >= 4 is 28.4 Å². The molecule has 134 valence electrons. The van der Waals surface area contributed by atoms with Crippen molar-refractivity contribution in [3.05, 3.63) is 35.0 Å². The number of hydrogen-bond donors (Lipinski definition) is 3.